The Kier molecular flexibility index (Phi) is 4.40. The van der Waals surface area contributed by atoms with E-state index >= 15 is 0 Å². The second-order valence-electron chi connectivity index (χ2n) is 6.28. The fourth-order valence-electron chi connectivity index (χ4n) is 2.95. The van der Waals surface area contributed by atoms with E-state index in [4.69, 9.17) is 0 Å². The van der Waals surface area contributed by atoms with Gasteiger partial charge in [0.2, 0.25) is 11.1 Å². The number of hydrogen-bond donors (Lipinski definition) is 1. The molecule has 1 N–H and O–H groups in total. The van der Waals surface area contributed by atoms with Crippen LogP contribution < -0.4 is 5.32 Å². The van der Waals surface area contributed by atoms with Crippen LogP contribution in [-0.2, 0) is 4.79 Å². The first-order valence-corrected chi connectivity index (χ1v) is 9.38. The summed E-state index contributed by atoms with van der Waals surface area (Å²) >= 11 is 1.39. The summed E-state index contributed by atoms with van der Waals surface area (Å²) in [6.45, 7) is 2.01. The molecular formula is C18H19N5OS. The molecule has 0 radical (unpaired) electrons. The van der Waals surface area contributed by atoms with Crippen LogP contribution in [0.3, 0.4) is 0 Å². The van der Waals surface area contributed by atoms with Gasteiger partial charge in [-0.1, -0.05) is 54.2 Å². The van der Waals surface area contributed by atoms with Crippen LogP contribution in [0.2, 0.25) is 0 Å². The number of amides is 1. The fourth-order valence-corrected chi connectivity index (χ4v) is 3.70. The Morgan fingerprint density at radius 1 is 1.28 bits per heavy atom. The van der Waals surface area contributed by atoms with Crippen LogP contribution in [0.4, 0.5) is 0 Å². The van der Waals surface area contributed by atoms with Crippen molar-refractivity contribution in [3.8, 4) is 0 Å². The zero-order valence-electron chi connectivity index (χ0n) is 13.9. The minimum atomic E-state index is -0.0568. The lowest BCUT2D eigenvalue weighted by Crippen LogP contribution is -2.28. The van der Waals surface area contributed by atoms with Gasteiger partial charge in [-0.2, -0.15) is 0 Å². The SMILES string of the molecule is C[C@@H](NC(=O)CSc1nnnn1C1CC1)c1cccc2ccccc12. The summed E-state index contributed by atoms with van der Waals surface area (Å²) < 4.78 is 1.83. The van der Waals surface area contributed by atoms with E-state index in [-0.39, 0.29) is 11.9 Å². The number of aromatic nitrogens is 4. The molecule has 1 aliphatic carbocycles. The van der Waals surface area contributed by atoms with E-state index in [1.807, 2.05) is 29.8 Å². The molecule has 1 fully saturated rings. The summed E-state index contributed by atoms with van der Waals surface area (Å²) in [5.41, 5.74) is 1.12. The largest absolute Gasteiger partial charge is 0.349 e. The van der Waals surface area contributed by atoms with Crippen LogP contribution >= 0.6 is 11.8 Å². The Morgan fingerprint density at radius 2 is 2.08 bits per heavy atom. The number of tetrazole rings is 1. The maximum absolute atomic E-state index is 12.3. The Bertz CT molecular complexity index is 900. The zero-order valence-corrected chi connectivity index (χ0v) is 14.7. The van der Waals surface area contributed by atoms with E-state index in [9.17, 15) is 4.79 Å². The lowest BCUT2D eigenvalue weighted by atomic mass is 10.00. The third kappa shape index (κ3) is 3.51. The molecule has 0 saturated heterocycles. The molecule has 1 amide bonds. The molecular weight excluding hydrogens is 334 g/mol. The van der Waals surface area contributed by atoms with Gasteiger partial charge in [0.25, 0.3) is 0 Å². The second kappa shape index (κ2) is 6.84. The van der Waals surface area contributed by atoms with Crippen LogP contribution in [0.5, 0.6) is 0 Å². The molecule has 0 bridgehead atoms. The highest BCUT2D eigenvalue weighted by Crippen LogP contribution is 2.36. The maximum atomic E-state index is 12.3. The van der Waals surface area contributed by atoms with Gasteiger partial charge < -0.3 is 5.32 Å². The predicted molar refractivity (Wildman–Crippen MR) is 97.3 cm³/mol. The topological polar surface area (TPSA) is 72.7 Å². The summed E-state index contributed by atoms with van der Waals surface area (Å²) in [6.07, 6.45) is 2.23. The van der Waals surface area contributed by atoms with E-state index in [0.717, 1.165) is 23.6 Å². The molecule has 25 heavy (non-hydrogen) atoms. The lowest BCUT2D eigenvalue weighted by molar-refractivity contribution is -0.119. The highest BCUT2D eigenvalue weighted by atomic mass is 32.2. The van der Waals surface area contributed by atoms with Gasteiger partial charge in [-0.05, 0) is 46.5 Å². The molecule has 1 aliphatic rings. The quantitative estimate of drug-likeness (QED) is 0.689. The number of carbonyl (C=O) groups excluding carboxylic acids is 1. The van der Waals surface area contributed by atoms with Crippen molar-refractivity contribution < 1.29 is 4.79 Å². The van der Waals surface area contributed by atoms with Gasteiger partial charge in [-0.25, -0.2) is 4.68 Å². The second-order valence-corrected chi connectivity index (χ2v) is 7.23. The molecule has 1 aromatic heterocycles. The van der Waals surface area contributed by atoms with Gasteiger partial charge in [-0.3, -0.25) is 4.79 Å². The van der Waals surface area contributed by atoms with Crippen molar-refractivity contribution in [2.45, 2.75) is 37.0 Å². The van der Waals surface area contributed by atoms with Crippen molar-refractivity contribution in [3.05, 3.63) is 48.0 Å². The molecule has 4 rings (SSSR count). The van der Waals surface area contributed by atoms with Gasteiger partial charge in [0.15, 0.2) is 0 Å². The molecule has 0 aliphatic heterocycles. The monoisotopic (exact) mass is 353 g/mol. The Balaban J connectivity index is 1.40. The zero-order chi connectivity index (χ0) is 17.2. The molecule has 1 atom stereocenters. The van der Waals surface area contributed by atoms with Crippen molar-refractivity contribution in [1.29, 1.82) is 0 Å². The normalized spacial score (nSPS) is 15.2. The van der Waals surface area contributed by atoms with Crippen LogP contribution in [0.15, 0.2) is 47.6 Å². The van der Waals surface area contributed by atoms with Gasteiger partial charge in [0.1, 0.15) is 0 Å². The molecule has 1 saturated carbocycles. The lowest BCUT2D eigenvalue weighted by Gasteiger charge is -2.16. The Hall–Kier alpha value is -2.41. The van der Waals surface area contributed by atoms with Crippen molar-refractivity contribution in [2.75, 3.05) is 5.75 Å². The molecule has 6 nitrogen and oxygen atoms in total. The standard InChI is InChI=1S/C18H19N5OS/c1-12(15-8-4-6-13-5-2-3-7-16(13)15)19-17(24)11-25-18-20-21-22-23(18)14-9-10-14/h2-8,12,14H,9-11H2,1H3,(H,19,24)/t12-/m1/s1. The molecule has 128 valence electrons. The average Bonchev–Trinajstić information content (AvgIpc) is 3.37. The Labute approximate surface area is 150 Å². The fraction of sp³-hybridized carbons (Fsp3) is 0.333. The minimum Gasteiger partial charge on any atom is -0.349 e. The van der Waals surface area contributed by atoms with Gasteiger partial charge in [0, 0.05) is 0 Å². The van der Waals surface area contributed by atoms with E-state index in [1.54, 1.807) is 0 Å². The number of nitrogens with zero attached hydrogens (tertiary/aromatic N) is 4. The van der Waals surface area contributed by atoms with Crippen LogP contribution in [0.25, 0.3) is 10.8 Å². The molecule has 7 heteroatoms. The summed E-state index contributed by atoms with van der Waals surface area (Å²) in [5.74, 6) is 0.290. The van der Waals surface area contributed by atoms with Crippen LogP contribution in [0.1, 0.15) is 37.4 Å². The average molecular weight is 353 g/mol. The predicted octanol–water partition coefficient (Wildman–Crippen LogP) is 3.13. The summed E-state index contributed by atoms with van der Waals surface area (Å²) in [5, 5.41) is 17.9. The number of hydrogen-bond acceptors (Lipinski definition) is 5. The number of thioether (sulfide) groups is 1. The first-order valence-electron chi connectivity index (χ1n) is 8.40. The highest BCUT2D eigenvalue weighted by molar-refractivity contribution is 7.99. The van der Waals surface area contributed by atoms with Crippen LogP contribution in [0, 0.1) is 0 Å². The maximum Gasteiger partial charge on any atom is 0.230 e. The van der Waals surface area contributed by atoms with Gasteiger partial charge in [-0.15, -0.1) is 5.10 Å². The minimum absolute atomic E-state index is 0.0178. The summed E-state index contributed by atoms with van der Waals surface area (Å²) in [6, 6.07) is 14.7. The third-order valence-electron chi connectivity index (χ3n) is 4.36. The first-order chi connectivity index (χ1) is 12.2. The molecule has 2 aromatic carbocycles. The van der Waals surface area contributed by atoms with E-state index < -0.39 is 0 Å². The highest BCUT2D eigenvalue weighted by Gasteiger charge is 2.28. The third-order valence-corrected chi connectivity index (χ3v) is 5.29. The van der Waals surface area contributed by atoms with E-state index in [1.165, 1.54) is 22.5 Å². The Morgan fingerprint density at radius 3 is 2.92 bits per heavy atom. The van der Waals surface area contributed by atoms with E-state index in [0.29, 0.717) is 11.8 Å². The summed E-state index contributed by atoms with van der Waals surface area (Å²) in [4.78, 5) is 12.3. The van der Waals surface area contributed by atoms with Crippen molar-refractivity contribution in [1.82, 2.24) is 25.5 Å². The van der Waals surface area contributed by atoms with E-state index in [2.05, 4.69) is 45.1 Å². The number of nitrogens with one attached hydrogen (secondary N) is 1. The van der Waals surface area contributed by atoms with Crippen molar-refractivity contribution in [3.63, 3.8) is 0 Å². The van der Waals surface area contributed by atoms with Gasteiger partial charge in [0.05, 0.1) is 17.8 Å². The number of benzene rings is 2. The van der Waals surface area contributed by atoms with Crippen molar-refractivity contribution in [2.24, 2.45) is 0 Å². The first kappa shape index (κ1) is 16.1. The smallest absolute Gasteiger partial charge is 0.230 e. The molecule has 0 spiro atoms. The van der Waals surface area contributed by atoms with Crippen LogP contribution in [-0.4, -0.2) is 31.9 Å². The van der Waals surface area contributed by atoms with Gasteiger partial charge >= 0.3 is 0 Å². The molecule has 1 heterocycles. The number of fused-ring (bicyclic) bond motifs is 1. The number of rotatable bonds is 6. The summed E-state index contributed by atoms with van der Waals surface area (Å²) in [7, 11) is 0. The molecule has 3 aromatic rings. The number of carbonyl (C=O) groups is 1. The van der Waals surface area contributed by atoms with Crippen molar-refractivity contribution >= 4 is 28.4 Å². The molecule has 0 unspecified atom stereocenters.